The number of carbonyl (C=O) groups excluding carboxylic acids is 2. The third-order valence-electron chi connectivity index (χ3n) is 3.40. The Hall–Kier alpha value is -2.49. The summed E-state index contributed by atoms with van der Waals surface area (Å²) in [6.07, 6.45) is 5.68. The lowest BCUT2D eigenvalue weighted by Gasteiger charge is -2.05. The van der Waals surface area contributed by atoms with E-state index in [0.29, 0.717) is 31.4 Å². The first kappa shape index (κ1) is 15.9. The number of nitrogens with zero attached hydrogens (tertiary/aromatic N) is 1. The molecular formula is C18H20N2O2. The summed E-state index contributed by atoms with van der Waals surface area (Å²) < 4.78 is 0. The van der Waals surface area contributed by atoms with Crippen LogP contribution in [0.2, 0.25) is 0 Å². The predicted octanol–water partition coefficient (Wildman–Crippen LogP) is 2.79. The topological polar surface area (TPSA) is 59.1 Å². The summed E-state index contributed by atoms with van der Waals surface area (Å²) in [4.78, 5) is 27.5. The van der Waals surface area contributed by atoms with Crippen LogP contribution < -0.4 is 5.32 Å². The molecule has 2 aromatic rings. The van der Waals surface area contributed by atoms with Gasteiger partial charge in [0.25, 0.3) is 5.91 Å². The maximum Gasteiger partial charge on any atom is 0.251 e. The van der Waals surface area contributed by atoms with Crippen molar-refractivity contribution >= 4 is 11.7 Å². The summed E-state index contributed by atoms with van der Waals surface area (Å²) in [5.74, 6) is 0.112. The SMILES string of the molecule is O=C(CCCNC(=O)c1ccncc1)CCc1ccccc1. The molecule has 4 nitrogen and oxygen atoms in total. The largest absolute Gasteiger partial charge is 0.352 e. The molecule has 0 aliphatic rings. The number of Topliss-reactive ketones (excluding diaryl/α,β-unsaturated/α-hetero) is 1. The minimum atomic E-state index is -0.126. The zero-order valence-corrected chi connectivity index (χ0v) is 12.5. The number of hydrogen-bond donors (Lipinski definition) is 1. The van der Waals surface area contributed by atoms with Crippen molar-refractivity contribution in [3.63, 3.8) is 0 Å². The molecule has 1 heterocycles. The zero-order valence-electron chi connectivity index (χ0n) is 12.5. The fourth-order valence-electron chi connectivity index (χ4n) is 2.15. The van der Waals surface area contributed by atoms with Crippen molar-refractivity contribution in [2.45, 2.75) is 25.7 Å². The predicted molar refractivity (Wildman–Crippen MR) is 85.6 cm³/mol. The molecule has 1 amide bonds. The second-order valence-corrected chi connectivity index (χ2v) is 5.12. The molecule has 0 saturated carbocycles. The van der Waals surface area contributed by atoms with E-state index in [-0.39, 0.29) is 11.7 Å². The molecule has 1 N–H and O–H groups in total. The fraction of sp³-hybridized carbons (Fsp3) is 0.278. The molecule has 0 spiro atoms. The number of amides is 1. The molecule has 1 aromatic carbocycles. The molecule has 114 valence electrons. The molecular weight excluding hydrogens is 276 g/mol. The molecule has 2 rings (SSSR count). The van der Waals surface area contributed by atoms with E-state index in [4.69, 9.17) is 0 Å². The fourth-order valence-corrected chi connectivity index (χ4v) is 2.15. The van der Waals surface area contributed by atoms with Gasteiger partial charge in [-0.3, -0.25) is 14.6 Å². The number of benzene rings is 1. The normalized spacial score (nSPS) is 10.2. The van der Waals surface area contributed by atoms with Crippen LogP contribution >= 0.6 is 0 Å². The Morgan fingerprint density at radius 1 is 0.955 bits per heavy atom. The monoisotopic (exact) mass is 296 g/mol. The number of rotatable bonds is 8. The highest BCUT2D eigenvalue weighted by molar-refractivity contribution is 5.93. The molecule has 0 aliphatic carbocycles. The third-order valence-corrected chi connectivity index (χ3v) is 3.40. The molecule has 0 aliphatic heterocycles. The van der Waals surface area contributed by atoms with Gasteiger partial charge >= 0.3 is 0 Å². The molecule has 0 radical (unpaired) electrons. The molecule has 22 heavy (non-hydrogen) atoms. The van der Waals surface area contributed by atoms with E-state index >= 15 is 0 Å². The van der Waals surface area contributed by atoms with Gasteiger partial charge in [-0.25, -0.2) is 0 Å². The van der Waals surface area contributed by atoms with Gasteiger partial charge < -0.3 is 5.32 Å². The highest BCUT2D eigenvalue weighted by Crippen LogP contribution is 2.05. The summed E-state index contributed by atoms with van der Waals surface area (Å²) in [6.45, 7) is 0.512. The molecule has 0 unspecified atom stereocenters. The minimum absolute atomic E-state index is 0.126. The Morgan fingerprint density at radius 3 is 2.41 bits per heavy atom. The number of aromatic nitrogens is 1. The molecule has 0 fully saturated rings. The first-order chi connectivity index (χ1) is 10.8. The summed E-state index contributed by atoms with van der Waals surface area (Å²) in [5.41, 5.74) is 1.77. The van der Waals surface area contributed by atoms with Crippen LogP contribution in [0.4, 0.5) is 0 Å². The van der Waals surface area contributed by atoms with E-state index < -0.39 is 0 Å². The van der Waals surface area contributed by atoms with Crippen LogP contribution in [0.3, 0.4) is 0 Å². The van der Waals surface area contributed by atoms with Crippen LogP contribution in [-0.4, -0.2) is 23.2 Å². The Labute approximate surface area is 130 Å². The average molecular weight is 296 g/mol. The van der Waals surface area contributed by atoms with E-state index in [1.165, 1.54) is 5.56 Å². The van der Waals surface area contributed by atoms with Crippen LogP contribution in [-0.2, 0) is 11.2 Å². The van der Waals surface area contributed by atoms with E-state index in [2.05, 4.69) is 10.3 Å². The van der Waals surface area contributed by atoms with Gasteiger partial charge in [-0.2, -0.15) is 0 Å². The molecule has 4 heteroatoms. The lowest BCUT2D eigenvalue weighted by Crippen LogP contribution is -2.24. The van der Waals surface area contributed by atoms with Crippen LogP contribution in [0.5, 0.6) is 0 Å². The van der Waals surface area contributed by atoms with Gasteiger partial charge in [-0.1, -0.05) is 30.3 Å². The molecule has 1 aromatic heterocycles. The molecule has 0 bridgehead atoms. The Morgan fingerprint density at radius 2 is 1.68 bits per heavy atom. The second kappa shape index (κ2) is 8.72. The number of ketones is 1. The molecule has 0 atom stereocenters. The van der Waals surface area contributed by atoms with Crippen molar-refractivity contribution < 1.29 is 9.59 Å². The van der Waals surface area contributed by atoms with Gasteiger partial charge in [-0.15, -0.1) is 0 Å². The van der Waals surface area contributed by atoms with Gasteiger partial charge in [0.1, 0.15) is 5.78 Å². The highest BCUT2D eigenvalue weighted by Gasteiger charge is 2.05. The van der Waals surface area contributed by atoms with E-state index in [1.807, 2.05) is 30.3 Å². The van der Waals surface area contributed by atoms with Crippen molar-refractivity contribution in [3.8, 4) is 0 Å². The van der Waals surface area contributed by atoms with E-state index in [1.54, 1.807) is 24.5 Å². The maximum atomic E-state index is 11.8. The lowest BCUT2D eigenvalue weighted by molar-refractivity contribution is -0.119. The average Bonchev–Trinajstić information content (AvgIpc) is 2.58. The van der Waals surface area contributed by atoms with Gasteiger partial charge in [0, 0.05) is 37.3 Å². The second-order valence-electron chi connectivity index (χ2n) is 5.12. The van der Waals surface area contributed by atoms with Crippen LogP contribution in [0.25, 0.3) is 0 Å². The van der Waals surface area contributed by atoms with Gasteiger partial charge in [0.15, 0.2) is 0 Å². The van der Waals surface area contributed by atoms with E-state index in [0.717, 1.165) is 6.42 Å². The quantitative estimate of drug-likeness (QED) is 0.762. The van der Waals surface area contributed by atoms with Crippen molar-refractivity contribution in [2.75, 3.05) is 6.54 Å². The minimum Gasteiger partial charge on any atom is -0.352 e. The Bertz CT molecular complexity index is 597. The Kier molecular flexibility index (Phi) is 6.30. The van der Waals surface area contributed by atoms with Gasteiger partial charge in [0.2, 0.25) is 0 Å². The number of aryl methyl sites for hydroxylation is 1. The summed E-state index contributed by atoms with van der Waals surface area (Å²) in [6, 6.07) is 13.3. The van der Waals surface area contributed by atoms with Gasteiger partial charge in [-0.05, 0) is 30.5 Å². The van der Waals surface area contributed by atoms with E-state index in [9.17, 15) is 9.59 Å². The molecule has 0 saturated heterocycles. The lowest BCUT2D eigenvalue weighted by atomic mass is 10.1. The summed E-state index contributed by atoms with van der Waals surface area (Å²) >= 11 is 0. The van der Waals surface area contributed by atoms with Crippen molar-refractivity contribution in [1.29, 1.82) is 0 Å². The van der Waals surface area contributed by atoms with Crippen LogP contribution in [0.15, 0.2) is 54.9 Å². The Balaban J connectivity index is 1.60. The number of pyridine rings is 1. The zero-order chi connectivity index (χ0) is 15.6. The van der Waals surface area contributed by atoms with Crippen LogP contribution in [0, 0.1) is 0 Å². The summed E-state index contributed by atoms with van der Waals surface area (Å²) in [7, 11) is 0. The smallest absolute Gasteiger partial charge is 0.251 e. The van der Waals surface area contributed by atoms with Gasteiger partial charge in [0.05, 0.1) is 0 Å². The number of hydrogen-bond acceptors (Lipinski definition) is 3. The maximum absolute atomic E-state index is 11.8. The van der Waals surface area contributed by atoms with Crippen molar-refractivity contribution in [3.05, 3.63) is 66.0 Å². The number of carbonyl (C=O) groups is 2. The first-order valence-electron chi connectivity index (χ1n) is 7.49. The standard InChI is InChI=1S/C18H20N2O2/c21-17(9-8-15-5-2-1-3-6-15)7-4-12-20-18(22)16-10-13-19-14-11-16/h1-3,5-6,10-11,13-14H,4,7-9,12H2,(H,20,22). The van der Waals surface area contributed by atoms with Crippen LogP contribution in [0.1, 0.15) is 35.2 Å². The van der Waals surface area contributed by atoms with Crippen molar-refractivity contribution in [2.24, 2.45) is 0 Å². The first-order valence-corrected chi connectivity index (χ1v) is 7.49. The van der Waals surface area contributed by atoms with Crippen molar-refractivity contribution in [1.82, 2.24) is 10.3 Å². The highest BCUT2D eigenvalue weighted by atomic mass is 16.1. The third kappa shape index (κ3) is 5.48. The summed E-state index contributed by atoms with van der Waals surface area (Å²) in [5, 5.41) is 2.81. The number of nitrogens with one attached hydrogen (secondary N) is 1.